The Bertz CT molecular complexity index is 1020. The zero-order valence-corrected chi connectivity index (χ0v) is 22.7. The van der Waals surface area contributed by atoms with Crippen molar-refractivity contribution in [3.63, 3.8) is 0 Å². The van der Waals surface area contributed by atoms with Crippen molar-refractivity contribution in [3.05, 3.63) is 22.8 Å². The van der Waals surface area contributed by atoms with E-state index in [0.717, 1.165) is 31.3 Å². The number of hydrogen-bond acceptors (Lipinski definition) is 4. The van der Waals surface area contributed by atoms with Crippen molar-refractivity contribution in [2.45, 2.75) is 106 Å². The number of carbonyl (C=O) groups is 3. The standard InChI is InChI=1S/C30H44O5/c1-17(9-8-10-18(2)26(34)35)20-15-24(33)30(7)19-11-12-22-27(3,4)23(32)13-14-28(22,5)25(19)21(31)16-29(20,30)6/h10,17,20,22,24,33H,8-9,11-16H2,1-7H3,(H,34,35)/t17-,20+,22-,24-,28-,29+,30+/m0/s1. The SMILES string of the molecule is CC(=CCC[C@H](C)[C@H]1C[C@H](O)[C@@]2(C)C3=C(C(=O)C[C@]12C)[C@@]1(C)CCC(=O)C(C)(C)[C@@H]1CC3)C(=O)O. The van der Waals surface area contributed by atoms with Crippen molar-refractivity contribution < 1.29 is 24.6 Å². The molecular formula is C30H44O5. The summed E-state index contributed by atoms with van der Waals surface area (Å²) >= 11 is 0. The van der Waals surface area contributed by atoms with Crippen LogP contribution in [0, 0.1) is 39.4 Å². The Hall–Kier alpha value is -1.75. The monoisotopic (exact) mass is 484 g/mol. The Kier molecular flexibility index (Phi) is 6.31. The van der Waals surface area contributed by atoms with E-state index in [1.54, 1.807) is 13.0 Å². The first kappa shape index (κ1) is 26.3. The number of carbonyl (C=O) groups excluding carboxylic acids is 2. The van der Waals surface area contributed by atoms with Gasteiger partial charge in [0.1, 0.15) is 5.78 Å². The first-order chi connectivity index (χ1) is 16.1. The van der Waals surface area contributed by atoms with Crippen LogP contribution in [0.15, 0.2) is 22.8 Å². The highest BCUT2D eigenvalue weighted by Gasteiger charge is 2.68. The summed E-state index contributed by atoms with van der Waals surface area (Å²) in [6.07, 6.45) is 6.82. The smallest absolute Gasteiger partial charge is 0.330 e. The number of carboxylic acids is 1. The number of allylic oxidation sites excluding steroid dienone is 2. The topological polar surface area (TPSA) is 91.7 Å². The average Bonchev–Trinajstić information content (AvgIpc) is 2.97. The third-order valence-electron chi connectivity index (χ3n) is 11.5. The number of ketones is 2. The third-order valence-corrected chi connectivity index (χ3v) is 11.5. The van der Waals surface area contributed by atoms with Crippen molar-refractivity contribution in [2.24, 2.45) is 39.4 Å². The van der Waals surface area contributed by atoms with Crippen molar-refractivity contribution in [1.29, 1.82) is 0 Å². The summed E-state index contributed by atoms with van der Waals surface area (Å²) in [5.41, 5.74) is 0.944. The lowest BCUT2D eigenvalue weighted by Gasteiger charge is -2.60. The highest BCUT2D eigenvalue weighted by Crippen LogP contribution is 2.71. The number of Topliss-reactive ketones (excluding diaryl/α,β-unsaturated/α-hetero) is 2. The zero-order chi connectivity index (χ0) is 26.1. The molecule has 2 saturated carbocycles. The summed E-state index contributed by atoms with van der Waals surface area (Å²) in [5.74, 6) is 0.263. The molecule has 0 saturated heterocycles. The highest BCUT2D eigenvalue weighted by atomic mass is 16.4. The number of rotatable bonds is 5. The fourth-order valence-electron chi connectivity index (χ4n) is 9.10. The van der Waals surface area contributed by atoms with E-state index in [-0.39, 0.29) is 34.4 Å². The second kappa shape index (κ2) is 8.39. The summed E-state index contributed by atoms with van der Waals surface area (Å²) in [6, 6.07) is 0. The van der Waals surface area contributed by atoms with Gasteiger partial charge in [0.05, 0.1) is 6.10 Å². The molecule has 4 aliphatic rings. The molecule has 2 fully saturated rings. The molecule has 0 aromatic rings. The second-order valence-electron chi connectivity index (χ2n) is 13.3. The van der Waals surface area contributed by atoms with E-state index < -0.39 is 22.9 Å². The van der Waals surface area contributed by atoms with E-state index in [1.165, 1.54) is 5.57 Å². The van der Waals surface area contributed by atoms with Crippen LogP contribution < -0.4 is 0 Å². The summed E-state index contributed by atoms with van der Waals surface area (Å²) < 4.78 is 0. The fourth-order valence-corrected chi connectivity index (χ4v) is 9.10. The molecular weight excluding hydrogens is 440 g/mol. The summed E-state index contributed by atoms with van der Waals surface area (Å²) in [6.45, 7) is 14.6. The molecule has 4 aliphatic carbocycles. The molecule has 0 aromatic carbocycles. The van der Waals surface area contributed by atoms with E-state index in [4.69, 9.17) is 5.11 Å². The van der Waals surface area contributed by atoms with Crippen LogP contribution in [0.5, 0.6) is 0 Å². The first-order valence-electron chi connectivity index (χ1n) is 13.5. The Labute approximate surface area is 210 Å². The van der Waals surface area contributed by atoms with Crippen LogP contribution in [0.4, 0.5) is 0 Å². The third kappa shape index (κ3) is 3.54. The van der Waals surface area contributed by atoms with E-state index in [9.17, 15) is 19.5 Å². The number of aliphatic hydroxyl groups is 1. The molecule has 35 heavy (non-hydrogen) atoms. The van der Waals surface area contributed by atoms with Gasteiger partial charge in [0.15, 0.2) is 5.78 Å². The minimum absolute atomic E-state index is 0.157. The molecule has 194 valence electrons. The van der Waals surface area contributed by atoms with Gasteiger partial charge in [-0.05, 0) is 68.6 Å². The van der Waals surface area contributed by atoms with Crippen LogP contribution in [0.3, 0.4) is 0 Å². The number of aliphatic hydroxyl groups excluding tert-OH is 1. The molecule has 0 aliphatic heterocycles. The Morgan fingerprint density at radius 2 is 1.80 bits per heavy atom. The lowest BCUT2D eigenvalue weighted by Crippen LogP contribution is -2.57. The van der Waals surface area contributed by atoms with Gasteiger partial charge in [0.25, 0.3) is 0 Å². The lowest BCUT2D eigenvalue weighted by atomic mass is 9.43. The molecule has 2 N–H and O–H groups in total. The fraction of sp³-hybridized carbons (Fsp3) is 0.767. The average molecular weight is 485 g/mol. The Morgan fingerprint density at radius 1 is 1.14 bits per heavy atom. The predicted octanol–water partition coefficient (Wildman–Crippen LogP) is 5.90. The van der Waals surface area contributed by atoms with E-state index >= 15 is 0 Å². The number of aliphatic carboxylic acids is 1. The van der Waals surface area contributed by atoms with Crippen LogP contribution in [-0.2, 0) is 14.4 Å². The van der Waals surface area contributed by atoms with Crippen LogP contribution in [0.25, 0.3) is 0 Å². The molecule has 5 heteroatoms. The maximum Gasteiger partial charge on any atom is 0.330 e. The summed E-state index contributed by atoms with van der Waals surface area (Å²) in [4.78, 5) is 38.0. The molecule has 7 atom stereocenters. The number of carboxylic acid groups (broad SMARTS) is 1. The van der Waals surface area contributed by atoms with Crippen molar-refractivity contribution in [3.8, 4) is 0 Å². The van der Waals surface area contributed by atoms with Crippen LogP contribution >= 0.6 is 0 Å². The summed E-state index contributed by atoms with van der Waals surface area (Å²) in [7, 11) is 0. The van der Waals surface area contributed by atoms with E-state index in [0.29, 0.717) is 37.0 Å². The van der Waals surface area contributed by atoms with Gasteiger partial charge in [-0.1, -0.05) is 53.2 Å². The maximum absolute atomic E-state index is 14.0. The molecule has 0 amide bonds. The largest absolute Gasteiger partial charge is 0.478 e. The van der Waals surface area contributed by atoms with E-state index in [2.05, 4.69) is 41.5 Å². The van der Waals surface area contributed by atoms with Crippen molar-refractivity contribution in [1.82, 2.24) is 0 Å². The molecule has 0 spiro atoms. The maximum atomic E-state index is 14.0. The van der Waals surface area contributed by atoms with E-state index in [1.807, 2.05) is 0 Å². The first-order valence-corrected chi connectivity index (χ1v) is 13.5. The van der Waals surface area contributed by atoms with Gasteiger partial charge in [-0.3, -0.25) is 9.59 Å². The number of fused-ring (bicyclic) bond motifs is 4. The zero-order valence-electron chi connectivity index (χ0n) is 22.7. The highest BCUT2D eigenvalue weighted by molar-refractivity contribution is 6.00. The molecule has 5 nitrogen and oxygen atoms in total. The molecule has 0 aromatic heterocycles. The molecule has 0 unspecified atom stereocenters. The van der Waals surface area contributed by atoms with Crippen molar-refractivity contribution >= 4 is 17.5 Å². The quantitative estimate of drug-likeness (QED) is 0.474. The van der Waals surface area contributed by atoms with Gasteiger partial charge in [0, 0.05) is 40.2 Å². The predicted molar refractivity (Wildman–Crippen MR) is 136 cm³/mol. The van der Waals surface area contributed by atoms with Gasteiger partial charge < -0.3 is 10.2 Å². The normalized spacial score (nSPS) is 41.8. The van der Waals surface area contributed by atoms with Gasteiger partial charge in [-0.2, -0.15) is 0 Å². The second-order valence-corrected chi connectivity index (χ2v) is 13.3. The Balaban J connectivity index is 1.71. The molecule has 0 radical (unpaired) electrons. The molecule has 0 bridgehead atoms. The van der Waals surface area contributed by atoms with Gasteiger partial charge in [-0.25, -0.2) is 4.79 Å². The van der Waals surface area contributed by atoms with Crippen LogP contribution in [-0.4, -0.2) is 33.9 Å². The summed E-state index contributed by atoms with van der Waals surface area (Å²) in [5, 5.41) is 20.8. The van der Waals surface area contributed by atoms with Crippen LogP contribution in [0.2, 0.25) is 0 Å². The minimum Gasteiger partial charge on any atom is -0.478 e. The van der Waals surface area contributed by atoms with Gasteiger partial charge in [0.2, 0.25) is 0 Å². The lowest BCUT2D eigenvalue weighted by molar-refractivity contribution is -0.143. The van der Waals surface area contributed by atoms with Crippen molar-refractivity contribution in [2.75, 3.05) is 0 Å². The molecule has 0 heterocycles. The van der Waals surface area contributed by atoms with Gasteiger partial charge in [-0.15, -0.1) is 0 Å². The Morgan fingerprint density at radius 3 is 2.43 bits per heavy atom. The van der Waals surface area contributed by atoms with Crippen LogP contribution in [0.1, 0.15) is 99.8 Å². The molecule has 4 rings (SSSR count). The van der Waals surface area contributed by atoms with Gasteiger partial charge >= 0.3 is 5.97 Å². The number of hydrogen-bond donors (Lipinski definition) is 2. The minimum atomic E-state index is -0.887.